The van der Waals surface area contributed by atoms with Crippen LogP contribution < -0.4 is 10.6 Å². The molecule has 0 spiro atoms. The van der Waals surface area contributed by atoms with Crippen molar-refractivity contribution >= 4 is 38.9 Å². The lowest BCUT2D eigenvalue weighted by Gasteiger charge is -2.30. The molecule has 7 nitrogen and oxygen atoms in total. The van der Waals surface area contributed by atoms with Crippen molar-refractivity contribution in [3.05, 3.63) is 47.3 Å². The van der Waals surface area contributed by atoms with Gasteiger partial charge in [0.2, 0.25) is 5.91 Å². The predicted octanol–water partition coefficient (Wildman–Crippen LogP) is 2.93. The Labute approximate surface area is 175 Å². The number of hydrogen-bond donors (Lipinski definition) is 2. The van der Waals surface area contributed by atoms with Gasteiger partial charge in [0.15, 0.2) is 0 Å². The van der Waals surface area contributed by atoms with Gasteiger partial charge in [-0.3, -0.25) is 9.59 Å². The first kappa shape index (κ1) is 21.5. The summed E-state index contributed by atoms with van der Waals surface area (Å²) in [5.41, 5.74) is 0.831. The first-order valence-corrected chi connectivity index (χ1v) is 12.0. The van der Waals surface area contributed by atoms with Gasteiger partial charge in [-0.2, -0.15) is 4.31 Å². The SMILES string of the molecule is CCCNC(=O)c1ccccc1NC(=O)[C@H]1CCCN(S(=O)(=O)c2cccs2)C1. The van der Waals surface area contributed by atoms with Gasteiger partial charge in [-0.15, -0.1) is 11.3 Å². The molecule has 0 saturated carbocycles. The van der Waals surface area contributed by atoms with Crippen molar-refractivity contribution in [3.8, 4) is 0 Å². The fourth-order valence-corrected chi connectivity index (χ4v) is 5.94. The molecule has 0 aliphatic carbocycles. The van der Waals surface area contributed by atoms with E-state index in [0.29, 0.717) is 37.2 Å². The molecule has 1 fully saturated rings. The summed E-state index contributed by atoms with van der Waals surface area (Å²) in [6.07, 6.45) is 2.03. The summed E-state index contributed by atoms with van der Waals surface area (Å²) >= 11 is 1.17. The van der Waals surface area contributed by atoms with Gasteiger partial charge < -0.3 is 10.6 Å². The number of para-hydroxylation sites is 1. The van der Waals surface area contributed by atoms with Gasteiger partial charge in [0.05, 0.1) is 17.2 Å². The molecule has 156 valence electrons. The molecule has 0 unspecified atom stereocenters. The van der Waals surface area contributed by atoms with Crippen LogP contribution in [0.15, 0.2) is 46.0 Å². The maximum Gasteiger partial charge on any atom is 0.253 e. The second-order valence-corrected chi connectivity index (χ2v) is 10.0. The molecule has 1 atom stereocenters. The van der Waals surface area contributed by atoms with Gasteiger partial charge in [-0.05, 0) is 42.8 Å². The van der Waals surface area contributed by atoms with Crippen molar-refractivity contribution in [2.24, 2.45) is 5.92 Å². The molecule has 0 bridgehead atoms. The van der Waals surface area contributed by atoms with Crippen molar-refractivity contribution in [1.29, 1.82) is 0 Å². The zero-order valence-corrected chi connectivity index (χ0v) is 17.9. The Bertz CT molecular complexity index is 958. The van der Waals surface area contributed by atoms with Crippen LogP contribution in [0.3, 0.4) is 0 Å². The summed E-state index contributed by atoms with van der Waals surface area (Å²) in [4.78, 5) is 25.2. The molecule has 1 aromatic carbocycles. The lowest BCUT2D eigenvalue weighted by Crippen LogP contribution is -2.43. The molecule has 2 N–H and O–H groups in total. The maximum absolute atomic E-state index is 12.9. The van der Waals surface area contributed by atoms with E-state index in [2.05, 4.69) is 10.6 Å². The van der Waals surface area contributed by atoms with E-state index in [1.54, 1.807) is 41.8 Å². The number of sulfonamides is 1. The van der Waals surface area contributed by atoms with E-state index in [-0.39, 0.29) is 22.6 Å². The molecule has 1 aromatic heterocycles. The van der Waals surface area contributed by atoms with Crippen LogP contribution in [0.2, 0.25) is 0 Å². The highest BCUT2D eigenvalue weighted by Gasteiger charge is 2.34. The van der Waals surface area contributed by atoms with Crippen LogP contribution in [0.4, 0.5) is 5.69 Å². The summed E-state index contributed by atoms with van der Waals surface area (Å²) in [6.45, 7) is 3.06. The number of hydrogen-bond acceptors (Lipinski definition) is 5. The van der Waals surface area contributed by atoms with Crippen molar-refractivity contribution < 1.29 is 18.0 Å². The predicted molar refractivity (Wildman–Crippen MR) is 113 cm³/mol. The molecule has 3 rings (SSSR count). The van der Waals surface area contributed by atoms with E-state index in [1.165, 1.54) is 15.6 Å². The Morgan fingerprint density at radius 1 is 1.21 bits per heavy atom. The van der Waals surface area contributed by atoms with E-state index in [4.69, 9.17) is 0 Å². The Morgan fingerprint density at radius 2 is 2.00 bits per heavy atom. The fourth-order valence-electron chi connectivity index (χ4n) is 3.27. The average Bonchev–Trinajstić information content (AvgIpc) is 3.28. The summed E-state index contributed by atoms with van der Waals surface area (Å²) in [5, 5.41) is 7.36. The van der Waals surface area contributed by atoms with Gasteiger partial charge in [-0.25, -0.2) is 8.42 Å². The number of carbonyl (C=O) groups excluding carboxylic acids is 2. The Kier molecular flexibility index (Phi) is 7.05. The molecule has 2 heterocycles. The van der Waals surface area contributed by atoms with Gasteiger partial charge in [-0.1, -0.05) is 25.1 Å². The number of amides is 2. The van der Waals surface area contributed by atoms with Crippen LogP contribution >= 0.6 is 11.3 Å². The van der Waals surface area contributed by atoms with E-state index in [0.717, 1.165) is 6.42 Å². The first-order chi connectivity index (χ1) is 13.9. The van der Waals surface area contributed by atoms with Crippen LogP contribution in [-0.4, -0.2) is 44.2 Å². The fraction of sp³-hybridized carbons (Fsp3) is 0.400. The Morgan fingerprint density at radius 3 is 2.72 bits per heavy atom. The number of piperidine rings is 1. The minimum Gasteiger partial charge on any atom is -0.352 e. The molecular weight excluding hydrogens is 410 g/mol. The minimum absolute atomic E-state index is 0.135. The molecule has 1 aliphatic heterocycles. The molecule has 2 amide bonds. The summed E-state index contributed by atoms with van der Waals surface area (Å²) in [7, 11) is -3.58. The molecule has 2 aromatic rings. The Hall–Kier alpha value is -2.23. The van der Waals surface area contributed by atoms with Crippen molar-refractivity contribution in [2.45, 2.75) is 30.4 Å². The monoisotopic (exact) mass is 435 g/mol. The molecule has 1 aliphatic rings. The highest BCUT2D eigenvalue weighted by molar-refractivity contribution is 7.91. The second-order valence-electron chi connectivity index (χ2n) is 6.93. The van der Waals surface area contributed by atoms with Crippen LogP contribution in [0.1, 0.15) is 36.5 Å². The number of rotatable bonds is 7. The third-order valence-electron chi connectivity index (χ3n) is 4.81. The smallest absolute Gasteiger partial charge is 0.253 e. The van der Waals surface area contributed by atoms with Crippen LogP contribution in [0.5, 0.6) is 0 Å². The Balaban J connectivity index is 1.71. The van der Waals surface area contributed by atoms with Gasteiger partial charge in [0.1, 0.15) is 4.21 Å². The number of nitrogens with one attached hydrogen (secondary N) is 2. The quantitative estimate of drug-likeness (QED) is 0.699. The normalized spacial score (nSPS) is 17.6. The molecule has 29 heavy (non-hydrogen) atoms. The van der Waals surface area contributed by atoms with Crippen LogP contribution in [0, 0.1) is 5.92 Å². The largest absolute Gasteiger partial charge is 0.352 e. The molecule has 9 heteroatoms. The van der Waals surface area contributed by atoms with Gasteiger partial charge in [0.25, 0.3) is 15.9 Å². The van der Waals surface area contributed by atoms with Crippen LogP contribution in [-0.2, 0) is 14.8 Å². The molecule has 1 saturated heterocycles. The summed E-state index contributed by atoms with van der Waals surface area (Å²) in [6, 6.07) is 10.1. The topological polar surface area (TPSA) is 95.6 Å². The van der Waals surface area contributed by atoms with Gasteiger partial charge >= 0.3 is 0 Å². The van der Waals surface area contributed by atoms with E-state index < -0.39 is 15.9 Å². The summed E-state index contributed by atoms with van der Waals surface area (Å²) < 4.78 is 27.2. The lowest BCUT2D eigenvalue weighted by molar-refractivity contribution is -0.120. The number of anilines is 1. The van der Waals surface area contributed by atoms with E-state index in [9.17, 15) is 18.0 Å². The molecular formula is C20H25N3O4S2. The second kappa shape index (κ2) is 9.51. The number of nitrogens with zero attached hydrogens (tertiary/aromatic N) is 1. The van der Waals surface area contributed by atoms with Gasteiger partial charge in [0, 0.05) is 19.6 Å². The van der Waals surface area contributed by atoms with Crippen molar-refractivity contribution in [2.75, 3.05) is 25.0 Å². The van der Waals surface area contributed by atoms with E-state index >= 15 is 0 Å². The zero-order chi connectivity index (χ0) is 20.9. The number of carbonyl (C=O) groups is 2. The molecule has 0 radical (unpaired) electrons. The highest BCUT2D eigenvalue weighted by atomic mass is 32.2. The zero-order valence-electron chi connectivity index (χ0n) is 16.3. The number of thiophene rings is 1. The lowest BCUT2D eigenvalue weighted by atomic mass is 9.98. The third-order valence-corrected chi connectivity index (χ3v) is 8.05. The average molecular weight is 436 g/mol. The standard InChI is InChI=1S/C20H25N3O4S2/c1-2-11-21-20(25)16-8-3-4-9-17(16)22-19(24)15-7-5-12-23(14-15)29(26,27)18-10-6-13-28-18/h3-4,6,8-10,13,15H,2,5,7,11-12,14H2,1H3,(H,21,25)(H,22,24)/t15-/m0/s1. The number of benzene rings is 1. The third kappa shape index (κ3) is 5.04. The first-order valence-electron chi connectivity index (χ1n) is 9.65. The van der Waals surface area contributed by atoms with Crippen molar-refractivity contribution in [3.63, 3.8) is 0 Å². The van der Waals surface area contributed by atoms with Crippen LogP contribution in [0.25, 0.3) is 0 Å². The van der Waals surface area contributed by atoms with Crippen molar-refractivity contribution in [1.82, 2.24) is 9.62 Å². The van der Waals surface area contributed by atoms with E-state index in [1.807, 2.05) is 6.92 Å². The summed E-state index contributed by atoms with van der Waals surface area (Å²) in [5.74, 6) is -0.981. The highest BCUT2D eigenvalue weighted by Crippen LogP contribution is 2.27. The maximum atomic E-state index is 12.9. The minimum atomic E-state index is -3.58.